The fourth-order valence-electron chi connectivity index (χ4n) is 1.93. The number of nitrogens with one attached hydrogen (secondary N) is 1. The van der Waals surface area contributed by atoms with Crippen LogP contribution in [-0.4, -0.2) is 36.3 Å². The summed E-state index contributed by atoms with van der Waals surface area (Å²) in [6.45, 7) is 4.74. The van der Waals surface area contributed by atoms with Crippen LogP contribution < -0.4 is 16.0 Å². The van der Waals surface area contributed by atoms with E-state index in [1.807, 2.05) is 19.0 Å². The number of nitrogens with two attached hydrogens (primary N) is 1. The number of carbonyl (C=O) groups excluding carboxylic acids is 1. The van der Waals surface area contributed by atoms with Gasteiger partial charge in [0, 0.05) is 34.1 Å². The van der Waals surface area contributed by atoms with Gasteiger partial charge in [0.1, 0.15) is 5.82 Å². The summed E-state index contributed by atoms with van der Waals surface area (Å²) in [6, 6.07) is 0. The van der Waals surface area contributed by atoms with E-state index >= 15 is 0 Å². The quantitative estimate of drug-likeness (QED) is 0.810. The van der Waals surface area contributed by atoms with Crippen molar-refractivity contribution in [3.8, 4) is 0 Å². The molecule has 6 heteroatoms. The first-order valence-corrected chi connectivity index (χ1v) is 6.12. The van der Waals surface area contributed by atoms with E-state index in [1.54, 1.807) is 11.7 Å². The summed E-state index contributed by atoms with van der Waals surface area (Å²) >= 11 is 0. The molecule has 0 aliphatic carbocycles. The van der Waals surface area contributed by atoms with Crippen LogP contribution in [0.5, 0.6) is 0 Å². The van der Waals surface area contributed by atoms with Crippen LogP contribution >= 0.6 is 0 Å². The third kappa shape index (κ3) is 2.94. The third-order valence-corrected chi connectivity index (χ3v) is 2.94. The molecule has 3 N–H and O–H groups in total. The van der Waals surface area contributed by atoms with Gasteiger partial charge in [-0.25, -0.2) is 0 Å². The smallest absolute Gasteiger partial charge is 0.221 e. The molecule has 6 nitrogen and oxygen atoms in total. The van der Waals surface area contributed by atoms with Crippen molar-refractivity contribution in [2.45, 2.75) is 26.2 Å². The van der Waals surface area contributed by atoms with E-state index in [2.05, 4.69) is 24.3 Å². The fraction of sp³-hybridized carbons (Fsp3) is 0.667. The lowest BCUT2D eigenvalue weighted by atomic mass is 10.1. The fourth-order valence-corrected chi connectivity index (χ4v) is 1.93. The van der Waals surface area contributed by atoms with Gasteiger partial charge in [-0.15, -0.1) is 0 Å². The van der Waals surface area contributed by atoms with E-state index in [-0.39, 0.29) is 11.8 Å². The molecule has 1 aromatic heterocycles. The van der Waals surface area contributed by atoms with Crippen molar-refractivity contribution < 1.29 is 4.79 Å². The summed E-state index contributed by atoms with van der Waals surface area (Å²) in [5.41, 5.74) is 7.72. The molecule has 18 heavy (non-hydrogen) atoms. The maximum atomic E-state index is 11.2. The molecule has 0 radical (unpaired) electrons. The number of aryl methyl sites for hydroxylation is 1. The molecule has 1 amide bonds. The predicted molar refractivity (Wildman–Crippen MR) is 73.7 cm³/mol. The average Bonchev–Trinajstić information content (AvgIpc) is 2.61. The monoisotopic (exact) mass is 253 g/mol. The highest BCUT2D eigenvalue weighted by molar-refractivity contribution is 5.76. The van der Waals surface area contributed by atoms with Crippen LogP contribution in [0.4, 0.5) is 11.5 Å². The van der Waals surface area contributed by atoms with E-state index in [4.69, 9.17) is 5.73 Å². The summed E-state index contributed by atoms with van der Waals surface area (Å²) < 4.78 is 1.77. The third-order valence-electron chi connectivity index (χ3n) is 2.94. The number of aromatic nitrogens is 2. The van der Waals surface area contributed by atoms with E-state index in [0.29, 0.717) is 18.7 Å². The number of nitrogens with zero attached hydrogens (tertiary/aromatic N) is 3. The van der Waals surface area contributed by atoms with Crippen molar-refractivity contribution in [2.24, 2.45) is 7.05 Å². The molecular formula is C12H23N5O. The zero-order valence-corrected chi connectivity index (χ0v) is 11.8. The van der Waals surface area contributed by atoms with Crippen LogP contribution in [0.15, 0.2) is 0 Å². The SMILES string of the molecule is CNC(=O)CCN(C)c1c(N)c(C(C)C)nn1C. The topological polar surface area (TPSA) is 76.2 Å². The maximum absolute atomic E-state index is 11.2. The Morgan fingerprint density at radius 1 is 1.56 bits per heavy atom. The standard InChI is InChI=1S/C12H23N5O/c1-8(2)11-10(13)12(17(5)15-11)16(4)7-6-9(18)14-3/h8H,6-7,13H2,1-5H3,(H,14,18). The molecule has 0 saturated carbocycles. The minimum absolute atomic E-state index is 0.0201. The van der Waals surface area contributed by atoms with Gasteiger partial charge in [0.15, 0.2) is 0 Å². The van der Waals surface area contributed by atoms with Gasteiger partial charge in [-0.1, -0.05) is 13.8 Å². The van der Waals surface area contributed by atoms with Gasteiger partial charge in [0.05, 0.1) is 11.4 Å². The number of hydrogen-bond acceptors (Lipinski definition) is 4. The highest BCUT2D eigenvalue weighted by atomic mass is 16.1. The minimum Gasteiger partial charge on any atom is -0.394 e. The normalized spacial score (nSPS) is 10.8. The molecule has 1 rings (SSSR count). The number of nitrogen functional groups attached to an aromatic ring is 1. The van der Waals surface area contributed by atoms with Crippen molar-refractivity contribution >= 4 is 17.4 Å². The summed E-state index contributed by atoms with van der Waals surface area (Å²) in [7, 11) is 5.42. The Kier molecular flexibility index (Phi) is 4.58. The first kappa shape index (κ1) is 14.3. The summed E-state index contributed by atoms with van der Waals surface area (Å²) in [5.74, 6) is 1.17. The summed E-state index contributed by atoms with van der Waals surface area (Å²) in [4.78, 5) is 13.2. The van der Waals surface area contributed by atoms with Gasteiger partial charge in [-0.3, -0.25) is 9.48 Å². The Labute approximate surface area is 108 Å². The van der Waals surface area contributed by atoms with Gasteiger partial charge in [0.2, 0.25) is 5.91 Å². The van der Waals surface area contributed by atoms with Gasteiger partial charge in [0.25, 0.3) is 0 Å². The lowest BCUT2D eigenvalue weighted by Gasteiger charge is -2.19. The van der Waals surface area contributed by atoms with Crippen molar-refractivity contribution in [1.82, 2.24) is 15.1 Å². The number of hydrogen-bond donors (Lipinski definition) is 2. The number of rotatable bonds is 5. The Morgan fingerprint density at radius 3 is 2.61 bits per heavy atom. The number of amides is 1. The van der Waals surface area contributed by atoms with Crippen LogP contribution in [0.1, 0.15) is 31.9 Å². The zero-order chi connectivity index (χ0) is 13.9. The molecule has 0 saturated heterocycles. The molecule has 0 aliphatic heterocycles. The molecule has 1 aromatic rings. The van der Waals surface area contributed by atoms with Crippen LogP contribution in [0.2, 0.25) is 0 Å². The van der Waals surface area contributed by atoms with Crippen LogP contribution in [0.25, 0.3) is 0 Å². The Hall–Kier alpha value is -1.72. The van der Waals surface area contributed by atoms with E-state index < -0.39 is 0 Å². The van der Waals surface area contributed by atoms with Gasteiger partial charge in [-0.2, -0.15) is 5.10 Å². The number of anilines is 2. The van der Waals surface area contributed by atoms with E-state index in [1.165, 1.54) is 0 Å². The van der Waals surface area contributed by atoms with E-state index in [9.17, 15) is 4.79 Å². The second kappa shape index (κ2) is 5.75. The highest BCUT2D eigenvalue weighted by Gasteiger charge is 2.18. The molecule has 0 bridgehead atoms. The Bertz CT molecular complexity index is 424. The summed E-state index contributed by atoms with van der Waals surface area (Å²) in [6.07, 6.45) is 0.439. The van der Waals surface area contributed by atoms with Gasteiger partial charge >= 0.3 is 0 Å². The second-order valence-electron chi connectivity index (χ2n) is 4.75. The molecule has 0 aliphatic rings. The highest BCUT2D eigenvalue weighted by Crippen LogP contribution is 2.29. The largest absolute Gasteiger partial charge is 0.394 e. The zero-order valence-electron chi connectivity index (χ0n) is 11.8. The summed E-state index contributed by atoms with van der Waals surface area (Å²) in [5, 5.41) is 7.03. The Balaban J connectivity index is 2.85. The lowest BCUT2D eigenvalue weighted by molar-refractivity contribution is -0.120. The maximum Gasteiger partial charge on any atom is 0.221 e. The van der Waals surface area contributed by atoms with Crippen molar-refractivity contribution in [3.63, 3.8) is 0 Å². The molecule has 0 atom stereocenters. The van der Waals surface area contributed by atoms with Gasteiger partial charge < -0.3 is 16.0 Å². The molecule has 0 fully saturated rings. The molecule has 0 unspecified atom stereocenters. The second-order valence-corrected chi connectivity index (χ2v) is 4.75. The molecule has 1 heterocycles. The first-order chi connectivity index (χ1) is 8.38. The lowest BCUT2D eigenvalue weighted by Crippen LogP contribution is -2.28. The first-order valence-electron chi connectivity index (χ1n) is 6.12. The van der Waals surface area contributed by atoms with Crippen LogP contribution in [-0.2, 0) is 11.8 Å². The average molecular weight is 253 g/mol. The predicted octanol–water partition coefficient (Wildman–Crippen LogP) is 0.698. The Morgan fingerprint density at radius 2 is 2.17 bits per heavy atom. The molecule has 0 spiro atoms. The molecule has 102 valence electrons. The van der Waals surface area contributed by atoms with Crippen molar-refractivity contribution in [2.75, 3.05) is 31.3 Å². The van der Waals surface area contributed by atoms with Crippen molar-refractivity contribution in [3.05, 3.63) is 5.69 Å². The van der Waals surface area contributed by atoms with Crippen molar-refractivity contribution in [1.29, 1.82) is 0 Å². The van der Waals surface area contributed by atoms with Crippen LogP contribution in [0.3, 0.4) is 0 Å². The molecular weight excluding hydrogens is 230 g/mol. The molecule has 0 aromatic carbocycles. The van der Waals surface area contributed by atoms with E-state index in [0.717, 1.165) is 11.5 Å². The van der Waals surface area contributed by atoms with Gasteiger partial charge in [-0.05, 0) is 5.92 Å². The minimum atomic E-state index is 0.0201. The van der Waals surface area contributed by atoms with Crippen LogP contribution in [0, 0.1) is 0 Å². The number of carbonyl (C=O) groups is 1.